The number of imide groups is 1. The molecule has 3 amide bonds. The summed E-state index contributed by atoms with van der Waals surface area (Å²) in [6.45, 7) is 0.239. The van der Waals surface area contributed by atoms with E-state index in [4.69, 9.17) is 0 Å². The fourth-order valence-electron chi connectivity index (χ4n) is 2.99. The van der Waals surface area contributed by atoms with Crippen LogP contribution >= 0.6 is 0 Å². The number of hydrogen-bond acceptors (Lipinski definition) is 5. The lowest BCUT2D eigenvalue weighted by atomic mass is 10.1. The number of carbonyl (C=O) groups is 3. The molecule has 3 aromatic rings. The molecule has 0 bridgehead atoms. The minimum absolute atomic E-state index is 0.152. The van der Waals surface area contributed by atoms with Crippen LogP contribution in [0.5, 0.6) is 0 Å². The first kappa shape index (κ1) is 17.6. The second kappa shape index (κ2) is 7.43. The van der Waals surface area contributed by atoms with E-state index < -0.39 is 0 Å². The van der Waals surface area contributed by atoms with Crippen LogP contribution in [0.3, 0.4) is 0 Å². The Morgan fingerprint density at radius 3 is 2.25 bits per heavy atom. The van der Waals surface area contributed by atoms with Crippen LogP contribution in [-0.2, 0) is 16.1 Å². The zero-order valence-electron chi connectivity index (χ0n) is 14.9. The Morgan fingerprint density at radius 1 is 0.964 bits per heavy atom. The van der Waals surface area contributed by atoms with E-state index in [1.54, 1.807) is 47.4 Å². The zero-order chi connectivity index (χ0) is 19.5. The fourth-order valence-corrected chi connectivity index (χ4v) is 2.99. The lowest BCUT2D eigenvalue weighted by molar-refractivity contribution is -0.139. The molecule has 1 aliphatic rings. The molecule has 1 aliphatic heterocycles. The number of benzene rings is 2. The van der Waals surface area contributed by atoms with Crippen molar-refractivity contribution in [1.29, 1.82) is 0 Å². The number of nitrogens with one attached hydrogen (secondary N) is 1. The summed E-state index contributed by atoms with van der Waals surface area (Å²) in [6, 6.07) is 14.1. The van der Waals surface area contributed by atoms with Crippen LogP contribution in [0.4, 0.5) is 5.69 Å². The van der Waals surface area contributed by atoms with Gasteiger partial charge in [0.2, 0.25) is 11.8 Å². The monoisotopic (exact) mass is 375 g/mol. The third-order valence-corrected chi connectivity index (χ3v) is 4.52. The first-order valence-corrected chi connectivity index (χ1v) is 8.79. The van der Waals surface area contributed by atoms with E-state index in [0.29, 0.717) is 11.3 Å². The largest absolute Gasteiger partial charge is 0.322 e. The van der Waals surface area contributed by atoms with Crippen LogP contribution in [0.25, 0.3) is 5.69 Å². The fraction of sp³-hybridized carbons (Fsp3) is 0.150. The van der Waals surface area contributed by atoms with Crippen LogP contribution in [-0.4, -0.2) is 37.4 Å². The number of amides is 3. The summed E-state index contributed by atoms with van der Waals surface area (Å²) in [4.78, 5) is 41.0. The molecule has 8 heteroatoms. The Kier molecular flexibility index (Phi) is 4.67. The quantitative estimate of drug-likeness (QED) is 0.690. The number of carbonyl (C=O) groups excluding carboxylic acids is 3. The summed E-state index contributed by atoms with van der Waals surface area (Å²) < 4.78 is 1.63. The summed E-state index contributed by atoms with van der Waals surface area (Å²) >= 11 is 0. The Balaban J connectivity index is 1.39. The van der Waals surface area contributed by atoms with Gasteiger partial charge in [-0.1, -0.05) is 12.1 Å². The molecule has 0 aliphatic carbocycles. The van der Waals surface area contributed by atoms with Crippen molar-refractivity contribution in [2.75, 3.05) is 5.32 Å². The molecule has 0 atom stereocenters. The maximum atomic E-state index is 12.4. The molecule has 0 saturated carbocycles. The average Bonchev–Trinajstić information content (AvgIpc) is 3.35. The zero-order valence-corrected chi connectivity index (χ0v) is 14.9. The summed E-state index contributed by atoms with van der Waals surface area (Å²) in [5, 5.41) is 6.89. The molecule has 28 heavy (non-hydrogen) atoms. The first-order valence-electron chi connectivity index (χ1n) is 8.79. The van der Waals surface area contributed by atoms with E-state index in [1.165, 1.54) is 11.2 Å². The lowest BCUT2D eigenvalue weighted by Crippen LogP contribution is -2.28. The maximum Gasteiger partial charge on any atom is 0.255 e. The van der Waals surface area contributed by atoms with E-state index in [2.05, 4.69) is 15.4 Å². The third kappa shape index (κ3) is 3.66. The van der Waals surface area contributed by atoms with E-state index >= 15 is 0 Å². The molecule has 4 rings (SSSR count). The highest BCUT2D eigenvalue weighted by atomic mass is 16.2. The standard InChI is InChI=1S/C20H17N5O3/c26-18-9-10-19(27)24(18)11-14-1-3-15(4-2-14)20(28)23-16-5-7-17(8-6-16)25-13-21-12-22-25/h1-8,12-13H,9-11H2,(H,23,28). The van der Waals surface area contributed by atoms with Crippen molar-refractivity contribution in [2.24, 2.45) is 0 Å². The summed E-state index contributed by atoms with van der Waals surface area (Å²) in [5.41, 5.74) is 2.79. The second-order valence-electron chi connectivity index (χ2n) is 6.41. The van der Waals surface area contributed by atoms with Gasteiger partial charge < -0.3 is 5.32 Å². The summed E-state index contributed by atoms with van der Waals surface area (Å²) in [5.74, 6) is -0.546. The van der Waals surface area contributed by atoms with Gasteiger partial charge in [0.15, 0.2) is 0 Å². The van der Waals surface area contributed by atoms with Crippen molar-refractivity contribution in [3.05, 3.63) is 72.3 Å². The molecular weight excluding hydrogens is 358 g/mol. The minimum Gasteiger partial charge on any atom is -0.322 e. The molecule has 0 unspecified atom stereocenters. The van der Waals surface area contributed by atoms with E-state index in [1.807, 2.05) is 12.1 Å². The van der Waals surface area contributed by atoms with Gasteiger partial charge in [-0.3, -0.25) is 19.3 Å². The highest BCUT2D eigenvalue weighted by Gasteiger charge is 2.28. The molecular formula is C20H17N5O3. The van der Waals surface area contributed by atoms with Crippen molar-refractivity contribution in [1.82, 2.24) is 19.7 Å². The first-order chi connectivity index (χ1) is 13.6. The SMILES string of the molecule is O=C(Nc1ccc(-n2cncn2)cc1)c1ccc(CN2C(=O)CCC2=O)cc1. The Bertz CT molecular complexity index is 995. The van der Waals surface area contributed by atoms with Gasteiger partial charge >= 0.3 is 0 Å². The Labute approximate surface area is 160 Å². The molecule has 1 fully saturated rings. The molecule has 2 aromatic carbocycles. The van der Waals surface area contributed by atoms with Gasteiger partial charge in [-0.25, -0.2) is 9.67 Å². The van der Waals surface area contributed by atoms with Crippen molar-refractivity contribution in [3.63, 3.8) is 0 Å². The van der Waals surface area contributed by atoms with Crippen molar-refractivity contribution < 1.29 is 14.4 Å². The smallest absolute Gasteiger partial charge is 0.255 e. The highest BCUT2D eigenvalue weighted by Crippen LogP contribution is 2.17. The average molecular weight is 375 g/mol. The number of rotatable bonds is 5. The van der Waals surface area contributed by atoms with Crippen molar-refractivity contribution in [3.8, 4) is 5.69 Å². The van der Waals surface area contributed by atoms with Crippen LogP contribution in [0.15, 0.2) is 61.2 Å². The molecule has 1 saturated heterocycles. The predicted molar refractivity (Wildman–Crippen MR) is 101 cm³/mol. The third-order valence-electron chi connectivity index (χ3n) is 4.52. The number of anilines is 1. The van der Waals surface area contributed by atoms with Gasteiger partial charge in [-0.05, 0) is 42.0 Å². The number of likely N-dealkylation sites (tertiary alicyclic amines) is 1. The van der Waals surface area contributed by atoms with Crippen LogP contribution in [0.1, 0.15) is 28.8 Å². The summed E-state index contributed by atoms with van der Waals surface area (Å²) in [7, 11) is 0. The van der Waals surface area contributed by atoms with Gasteiger partial charge in [0.05, 0.1) is 12.2 Å². The molecule has 0 spiro atoms. The molecule has 1 N–H and O–H groups in total. The van der Waals surface area contributed by atoms with Gasteiger partial charge in [-0.15, -0.1) is 0 Å². The molecule has 1 aromatic heterocycles. The van der Waals surface area contributed by atoms with Crippen LogP contribution in [0.2, 0.25) is 0 Å². The topological polar surface area (TPSA) is 97.2 Å². The van der Waals surface area contributed by atoms with Gasteiger partial charge in [0.1, 0.15) is 12.7 Å². The van der Waals surface area contributed by atoms with E-state index in [9.17, 15) is 14.4 Å². The normalized spacial score (nSPS) is 13.8. The maximum absolute atomic E-state index is 12.4. The van der Waals surface area contributed by atoms with Gasteiger partial charge in [0.25, 0.3) is 5.91 Å². The van der Waals surface area contributed by atoms with Crippen molar-refractivity contribution >= 4 is 23.4 Å². The number of aromatic nitrogens is 3. The number of hydrogen-bond donors (Lipinski definition) is 1. The Morgan fingerprint density at radius 2 is 1.64 bits per heavy atom. The van der Waals surface area contributed by atoms with Gasteiger partial charge in [0, 0.05) is 24.1 Å². The highest BCUT2D eigenvalue weighted by molar-refractivity contribution is 6.04. The predicted octanol–water partition coefficient (Wildman–Crippen LogP) is 2.17. The molecule has 8 nitrogen and oxygen atoms in total. The van der Waals surface area contributed by atoms with E-state index in [0.717, 1.165) is 11.3 Å². The second-order valence-corrected chi connectivity index (χ2v) is 6.41. The van der Waals surface area contributed by atoms with Crippen LogP contribution < -0.4 is 5.32 Å². The Hall–Kier alpha value is -3.81. The lowest BCUT2D eigenvalue weighted by Gasteiger charge is -2.14. The molecule has 0 radical (unpaired) electrons. The van der Waals surface area contributed by atoms with Crippen LogP contribution in [0, 0.1) is 0 Å². The summed E-state index contributed by atoms with van der Waals surface area (Å²) in [6.07, 6.45) is 3.59. The van der Waals surface area contributed by atoms with Gasteiger partial charge in [-0.2, -0.15) is 5.10 Å². The number of nitrogens with zero attached hydrogens (tertiary/aromatic N) is 4. The minimum atomic E-state index is -0.242. The molecule has 2 heterocycles. The van der Waals surface area contributed by atoms with Crippen molar-refractivity contribution in [2.45, 2.75) is 19.4 Å². The molecule has 140 valence electrons. The van der Waals surface area contributed by atoms with E-state index in [-0.39, 0.29) is 37.1 Å².